The van der Waals surface area contributed by atoms with Crippen molar-refractivity contribution in [1.29, 1.82) is 0 Å². The number of unbranched alkanes of at least 4 members (excludes halogenated alkanes) is 26. The molecule has 0 saturated carbocycles. The normalized spacial score (nSPS) is 12.8. The molecule has 0 aliphatic heterocycles. The van der Waals surface area contributed by atoms with E-state index < -0.39 is 6.10 Å². The zero-order valence-electron chi connectivity index (χ0n) is 46.5. The van der Waals surface area contributed by atoms with E-state index in [0.717, 1.165) is 122 Å². The van der Waals surface area contributed by atoms with E-state index in [4.69, 9.17) is 14.2 Å². The fourth-order valence-electron chi connectivity index (χ4n) is 8.08. The van der Waals surface area contributed by atoms with E-state index in [-0.39, 0.29) is 31.1 Å². The molecule has 0 N–H and O–H groups in total. The summed E-state index contributed by atoms with van der Waals surface area (Å²) >= 11 is 0. The van der Waals surface area contributed by atoms with Crippen LogP contribution in [0.25, 0.3) is 0 Å². The Morgan fingerprint density at radius 1 is 0.296 bits per heavy atom. The van der Waals surface area contributed by atoms with Gasteiger partial charge in [0.15, 0.2) is 6.10 Å². The topological polar surface area (TPSA) is 78.9 Å². The van der Waals surface area contributed by atoms with E-state index in [1.807, 2.05) is 0 Å². The van der Waals surface area contributed by atoms with Crippen molar-refractivity contribution in [1.82, 2.24) is 0 Å². The molecule has 0 aliphatic carbocycles. The van der Waals surface area contributed by atoms with Crippen LogP contribution in [0.15, 0.2) is 97.2 Å². The Morgan fingerprint density at radius 2 is 0.549 bits per heavy atom. The average molecular weight is 988 g/mol. The lowest BCUT2D eigenvalue weighted by atomic mass is 10.1. The summed E-state index contributed by atoms with van der Waals surface area (Å²) in [7, 11) is 0. The van der Waals surface area contributed by atoms with Crippen molar-refractivity contribution in [2.75, 3.05) is 13.2 Å². The molecule has 0 spiro atoms. The average Bonchev–Trinajstić information content (AvgIpc) is 3.37. The molecule has 0 aromatic rings. The Morgan fingerprint density at radius 3 is 0.873 bits per heavy atom. The van der Waals surface area contributed by atoms with Gasteiger partial charge in [-0.3, -0.25) is 14.4 Å². The number of allylic oxidation sites excluding steroid dienone is 16. The Hall–Kier alpha value is -3.67. The first-order valence-electron chi connectivity index (χ1n) is 29.7. The van der Waals surface area contributed by atoms with E-state index in [0.29, 0.717) is 19.3 Å². The second kappa shape index (κ2) is 58.9. The molecule has 0 amide bonds. The number of rotatable bonds is 53. The third-order valence-electron chi connectivity index (χ3n) is 12.5. The van der Waals surface area contributed by atoms with E-state index in [2.05, 4.69) is 118 Å². The summed E-state index contributed by atoms with van der Waals surface area (Å²) in [6.07, 6.45) is 78.3. The van der Waals surface area contributed by atoms with Crippen molar-refractivity contribution in [2.45, 2.75) is 284 Å². The minimum absolute atomic E-state index is 0.0872. The van der Waals surface area contributed by atoms with Gasteiger partial charge in [0.2, 0.25) is 0 Å². The number of ether oxygens (including phenoxy) is 3. The molecule has 0 heterocycles. The molecular formula is C65H110O6. The van der Waals surface area contributed by atoms with Gasteiger partial charge in [-0.15, -0.1) is 0 Å². The van der Waals surface area contributed by atoms with Gasteiger partial charge in [0.05, 0.1) is 0 Å². The zero-order valence-corrected chi connectivity index (χ0v) is 46.5. The highest BCUT2D eigenvalue weighted by molar-refractivity contribution is 5.71. The summed E-state index contributed by atoms with van der Waals surface area (Å²) in [6.45, 7) is 6.48. The Balaban J connectivity index is 4.30. The van der Waals surface area contributed by atoms with Gasteiger partial charge in [0.1, 0.15) is 13.2 Å². The highest BCUT2D eigenvalue weighted by atomic mass is 16.6. The van der Waals surface area contributed by atoms with Crippen LogP contribution in [0, 0.1) is 0 Å². The van der Waals surface area contributed by atoms with Crippen LogP contribution in [-0.2, 0) is 28.6 Å². The van der Waals surface area contributed by atoms with Crippen LogP contribution in [0.4, 0.5) is 0 Å². The monoisotopic (exact) mass is 987 g/mol. The van der Waals surface area contributed by atoms with Gasteiger partial charge in [-0.1, -0.05) is 234 Å². The van der Waals surface area contributed by atoms with Gasteiger partial charge < -0.3 is 14.2 Å². The summed E-state index contributed by atoms with van der Waals surface area (Å²) in [5.74, 6) is -0.909. The van der Waals surface area contributed by atoms with Gasteiger partial charge in [0.25, 0.3) is 0 Å². The fraction of sp³-hybridized carbons (Fsp3) is 0.708. The molecule has 0 radical (unpaired) electrons. The van der Waals surface area contributed by atoms with E-state index in [9.17, 15) is 14.4 Å². The van der Waals surface area contributed by atoms with Crippen LogP contribution in [-0.4, -0.2) is 37.2 Å². The van der Waals surface area contributed by atoms with Gasteiger partial charge in [-0.2, -0.15) is 0 Å². The summed E-state index contributed by atoms with van der Waals surface area (Å²) in [5.41, 5.74) is 0. The lowest BCUT2D eigenvalue weighted by molar-refractivity contribution is -0.167. The molecule has 6 heteroatoms. The summed E-state index contributed by atoms with van der Waals surface area (Å²) in [4.78, 5) is 38.1. The lowest BCUT2D eigenvalue weighted by Crippen LogP contribution is -2.30. The number of hydrogen-bond donors (Lipinski definition) is 0. The molecule has 1 atom stereocenters. The third-order valence-corrected chi connectivity index (χ3v) is 12.5. The lowest BCUT2D eigenvalue weighted by Gasteiger charge is -2.18. The molecule has 0 aliphatic rings. The minimum Gasteiger partial charge on any atom is -0.462 e. The quantitative estimate of drug-likeness (QED) is 0.0261. The fourth-order valence-corrected chi connectivity index (χ4v) is 8.08. The molecule has 71 heavy (non-hydrogen) atoms. The van der Waals surface area contributed by atoms with E-state index >= 15 is 0 Å². The number of hydrogen-bond acceptors (Lipinski definition) is 6. The standard InChI is InChI=1S/C65H110O6/c1-4-7-10-13-16-19-22-25-26-27-28-29-30-31-32-33-34-35-36-37-38-41-43-46-49-52-55-58-64(67)70-61-62(71-65(68)59-56-53-50-47-44-40-24-21-18-15-12-9-6-3)60-69-63(66)57-54-51-48-45-42-39-23-20-17-14-11-8-5-2/h7,10,16,19-21,23-26,28-29,31-32,34-35,62H,4-6,8-9,11-15,17-18,22,27,30,33,36-61H2,1-3H3/b10-7-,19-16-,23-20-,24-21-,26-25-,29-28-,32-31-,35-34-. The smallest absolute Gasteiger partial charge is 0.306 e. The minimum atomic E-state index is -0.789. The second-order valence-electron chi connectivity index (χ2n) is 19.5. The highest BCUT2D eigenvalue weighted by Crippen LogP contribution is 2.15. The summed E-state index contributed by atoms with van der Waals surface area (Å²) in [5, 5.41) is 0. The molecule has 406 valence electrons. The first-order valence-corrected chi connectivity index (χ1v) is 29.7. The zero-order chi connectivity index (χ0) is 51.4. The van der Waals surface area contributed by atoms with Crippen molar-refractivity contribution in [3.05, 3.63) is 97.2 Å². The second-order valence-corrected chi connectivity index (χ2v) is 19.5. The van der Waals surface area contributed by atoms with Crippen molar-refractivity contribution in [2.24, 2.45) is 0 Å². The largest absolute Gasteiger partial charge is 0.462 e. The Labute approximate surface area is 438 Å². The predicted molar refractivity (Wildman–Crippen MR) is 307 cm³/mol. The Bertz CT molecular complexity index is 1410. The molecule has 0 bridgehead atoms. The van der Waals surface area contributed by atoms with Gasteiger partial charge in [-0.05, 0) is 122 Å². The molecule has 0 rings (SSSR count). The van der Waals surface area contributed by atoms with Gasteiger partial charge in [-0.25, -0.2) is 0 Å². The number of carbonyl (C=O) groups excluding carboxylic acids is 3. The SMILES string of the molecule is CC/C=C\C/C=C\C/C=C\C/C=C\C/C=C\C/C=C\CCCCCCCCCCC(=O)OCC(COC(=O)CCCCCCC/C=C\CCCCCC)OC(=O)CCCCCCC/C=C\CCCCCC. The predicted octanol–water partition coefficient (Wildman–Crippen LogP) is 20.1. The summed E-state index contributed by atoms with van der Waals surface area (Å²) in [6, 6.07) is 0. The van der Waals surface area contributed by atoms with E-state index in [1.54, 1.807) is 0 Å². The molecule has 0 saturated heterocycles. The van der Waals surface area contributed by atoms with E-state index in [1.165, 1.54) is 116 Å². The highest BCUT2D eigenvalue weighted by Gasteiger charge is 2.19. The van der Waals surface area contributed by atoms with Crippen LogP contribution in [0.3, 0.4) is 0 Å². The maximum absolute atomic E-state index is 12.8. The molecule has 0 fully saturated rings. The van der Waals surface area contributed by atoms with Crippen LogP contribution >= 0.6 is 0 Å². The van der Waals surface area contributed by atoms with Crippen LogP contribution < -0.4 is 0 Å². The first kappa shape index (κ1) is 67.3. The van der Waals surface area contributed by atoms with Crippen molar-refractivity contribution in [3.8, 4) is 0 Å². The molecule has 1 unspecified atom stereocenters. The maximum atomic E-state index is 12.8. The maximum Gasteiger partial charge on any atom is 0.306 e. The van der Waals surface area contributed by atoms with Crippen molar-refractivity contribution >= 4 is 17.9 Å². The third kappa shape index (κ3) is 57.1. The molecule has 0 aromatic heterocycles. The number of esters is 3. The van der Waals surface area contributed by atoms with Gasteiger partial charge >= 0.3 is 17.9 Å². The van der Waals surface area contributed by atoms with Crippen LogP contribution in [0.1, 0.15) is 278 Å². The molecular weight excluding hydrogens is 877 g/mol. The van der Waals surface area contributed by atoms with Crippen LogP contribution in [0.2, 0.25) is 0 Å². The van der Waals surface area contributed by atoms with Crippen molar-refractivity contribution < 1.29 is 28.6 Å². The van der Waals surface area contributed by atoms with Crippen LogP contribution in [0.5, 0.6) is 0 Å². The molecule has 6 nitrogen and oxygen atoms in total. The Kier molecular flexibility index (Phi) is 55.9. The summed E-state index contributed by atoms with van der Waals surface area (Å²) < 4.78 is 16.8. The van der Waals surface area contributed by atoms with Crippen molar-refractivity contribution in [3.63, 3.8) is 0 Å². The number of carbonyl (C=O) groups is 3. The molecule has 0 aromatic carbocycles. The van der Waals surface area contributed by atoms with Gasteiger partial charge in [0, 0.05) is 19.3 Å². The first-order chi connectivity index (χ1) is 35.0.